The Balaban J connectivity index is 0.000000181. The third kappa shape index (κ3) is 8.31. The SMILES string of the molecule is O=C(NN1CCNCC1)[C@@H]1CC[C@@H]2CN1C(=O)N2OS(=O)(=O)O.O=C(NN1CCOCC1)[C@@H]1CC[C@@H]2CN1C(=O)N2OS(=O)(=O)O. The molecule has 0 unspecified atom stereocenters. The molecule has 22 nitrogen and oxygen atoms in total. The molecule has 5 N–H and O–H groups in total. The second-order valence-corrected chi connectivity index (χ2v) is 13.3. The maximum absolute atomic E-state index is 12.4. The molecule has 46 heavy (non-hydrogen) atoms. The van der Waals surface area contributed by atoms with Gasteiger partial charge in [0.2, 0.25) is 0 Å². The first-order valence-electron chi connectivity index (χ1n) is 14.6. The number of hydrogen-bond acceptors (Lipinski definition) is 14. The lowest BCUT2D eigenvalue weighted by atomic mass is 10.0. The molecule has 6 heterocycles. The van der Waals surface area contributed by atoms with Crippen molar-refractivity contribution in [3.05, 3.63) is 0 Å². The molecule has 6 fully saturated rings. The minimum atomic E-state index is -4.78. The maximum Gasteiger partial charge on any atom is 0.418 e. The highest BCUT2D eigenvalue weighted by Crippen LogP contribution is 2.32. The van der Waals surface area contributed by atoms with E-state index in [9.17, 15) is 36.0 Å². The lowest BCUT2D eigenvalue weighted by molar-refractivity contribution is -0.133. The topological polar surface area (TPSA) is 260 Å². The van der Waals surface area contributed by atoms with Crippen LogP contribution in [0.15, 0.2) is 0 Å². The summed E-state index contributed by atoms with van der Waals surface area (Å²) in [6.45, 7) is 5.41. The van der Waals surface area contributed by atoms with Crippen molar-refractivity contribution in [2.24, 2.45) is 0 Å². The smallest absolute Gasteiger partial charge is 0.379 e. The first-order chi connectivity index (χ1) is 21.7. The third-order valence-corrected chi connectivity index (χ3v) is 8.96. The molecular weight excluding hydrogens is 662 g/mol. The lowest BCUT2D eigenvalue weighted by Gasteiger charge is -2.33. The summed E-state index contributed by atoms with van der Waals surface area (Å²) in [5, 5.41) is 7.94. The highest BCUT2D eigenvalue weighted by molar-refractivity contribution is 7.81. The number of piperidine rings is 2. The molecule has 0 saturated carbocycles. The van der Waals surface area contributed by atoms with Crippen LogP contribution in [-0.2, 0) is 43.7 Å². The Morgan fingerprint density at radius 1 is 0.717 bits per heavy atom. The van der Waals surface area contributed by atoms with Crippen molar-refractivity contribution in [2.75, 3.05) is 65.6 Å². The van der Waals surface area contributed by atoms with E-state index in [0.717, 1.165) is 13.1 Å². The van der Waals surface area contributed by atoms with Crippen molar-refractivity contribution in [1.82, 2.24) is 46.1 Å². The number of nitrogens with zero attached hydrogens (tertiary/aromatic N) is 6. The molecule has 0 aromatic rings. The van der Waals surface area contributed by atoms with Crippen LogP contribution < -0.4 is 16.2 Å². The van der Waals surface area contributed by atoms with Crippen molar-refractivity contribution < 1.29 is 58.4 Å². The number of rotatable bonds is 8. The number of fused-ring (bicyclic) bond motifs is 4. The molecule has 260 valence electrons. The predicted molar refractivity (Wildman–Crippen MR) is 150 cm³/mol. The summed E-state index contributed by atoms with van der Waals surface area (Å²) in [6.07, 6.45) is 1.61. The van der Waals surface area contributed by atoms with Gasteiger partial charge in [-0.05, 0) is 25.7 Å². The normalized spacial score (nSPS) is 29.0. The molecular formula is C22H37N9O13S2. The molecule has 0 aromatic carbocycles. The molecule has 6 aliphatic heterocycles. The van der Waals surface area contributed by atoms with Crippen molar-refractivity contribution in [1.29, 1.82) is 0 Å². The van der Waals surface area contributed by atoms with E-state index in [1.165, 1.54) is 9.80 Å². The molecule has 0 aromatic heterocycles. The Kier molecular flexibility index (Phi) is 10.5. The van der Waals surface area contributed by atoms with Gasteiger partial charge in [-0.1, -0.05) is 0 Å². The number of hydrogen-bond donors (Lipinski definition) is 5. The van der Waals surface area contributed by atoms with Crippen LogP contribution in [0.25, 0.3) is 0 Å². The van der Waals surface area contributed by atoms with E-state index in [-0.39, 0.29) is 24.9 Å². The second-order valence-electron chi connectivity index (χ2n) is 11.3. The molecule has 6 amide bonds. The third-order valence-electron chi connectivity index (χ3n) is 8.26. The monoisotopic (exact) mass is 699 g/mol. The van der Waals surface area contributed by atoms with Gasteiger partial charge in [0.15, 0.2) is 0 Å². The number of piperazine rings is 1. The van der Waals surface area contributed by atoms with Crippen LogP contribution in [0, 0.1) is 0 Å². The van der Waals surface area contributed by atoms with Gasteiger partial charge in [-0.15, -0.1) is 8.57 Å². The molecule has 4 bridgehead atoms. The van der Waals surface area contributed by atoms with Crippen LogP contribution in [0.2, 0.25) is 0 Å². The minimum absolute atomic E-state index is 0.176. The van der Waals surface area contributed by atoms with Gasteiger partial charge in [0.25, 0.3) is 11.8 Å². The van der Waals surface area contributed by atoms with E-state index in [1.807, 2.05) is 0 Å². The predicted octanol–water partition coefficient (Wildman–Crippen LogP) is -3.72. The summed E-state index contributed by atoms with van der Waals surface area (Å²) in [5.41, 5.74) is 5.54. The lowest BCUT2D eigenvalue weighted by Crippen LogP contribution is -2.57. The summed E-state index contributed by atoms with van der Waals surface area (Å²) in [4.78, 5) is 51.7. The van der Waals surface area contributed by atoms with Gasteiger partial charge < -0.3 is 19.9 Å². The van der Waals surface area contributed by atoms with Crippen LogP contribution in [-0.4, -0.2) is 170 Å². The van der Waals surface area contributed by atoms with E-state index >= 15 is 0 Å². The zero-order valence-electron chi connectivity index (χ0n) is 24.6. The van der Waals surface area contributed by atoms with Gasteiger partial charge in [0.05, 0.1) is 25.3 Å². The van der Waals surface area contributed by atoms with Gasteiger partial charge >= 0.3 is 32.9 Å². The van der Waals surface area contributed by atoms with Crippen LogP contribution in [0.4, 0.5) is 9.59 Å². The van der Waals surface area contributed by atoms with Gasteiger partial charge in [-0.3, -0.25) is 29.5 Å². The molecule has 24 heteroatoms. The molecule has 6 aliphatic rings. The van der Waals surface area contributed by atoms with Crippen LogP contribution in [0.3, 0.4) is 0 Å². The maximum atomic E-state index is 12.4. The number of urea groups is 2. The van der Waals surface area contributed by atoms with E-state index in [2.05, 4.69) is 24.7 Å². The first kappa shape index (κ1) is 34.4. The zero-order chi connectivity index (χ0) is 33.2. The number of carbonyl (C=O) groups is 4. The Bertz CT molecular complexity index is 1290. The molecule has 0 aliphatic carbocycles. The summed E-state index contributed by atoms with van der Waals surface area (Å²) >= 11 is 0. The number of carbonyl (C=O) groups excluding carboxylic acids is 4. The quantitative estimate of drug-likeness (QED) is 0.153. The van der Waals surface area contributed by atoms with Crippen molar-refractivity contribution >= 4 is 44.7 Å². The Morgan fingerprint density at radius 2 is 1.13 bits per heavy atom. The Hall–Kier alpha value is -2.94. The number of ether oxygens (including phenoxy) is 1. The van der Waals surface area contributed by atoms with E-state index in [4.69, 9.17) is 13.8 Å². The summed E-state index contributed by atoms with van der Waals surface area (Å²) < 4.78 is 74.6. The van der Waals surface area contributed by atoms with Crippen LogP contribution >= 0.6 is 0 Å². The highest BCUT2D eigenvalue weighted by atomic mass is 32.3. The summed E-state index contributed by atoms with van der Waals surface area (Å²) in [7, 11) is -9.56. The minimum Gasteiger partial charge on any atom is -0.379 e. The van der Waals surface area contributed by atoms with Crippen molar-refractivity contribution in [3.63, 3.8) is 0 Å². The fourth-order valence-corrected chi connectivity index (χ4v) is 6.90. The summed E-state index contributed by atoms with van der Waals surface area (Å²) in [5.74, 6) is -0.625. The highest BCUT2D eigenvalue weighted by Gasteiger charge is 2.50. The van der Waals surface area contributed by atoms with Gasteiger partial charge in [0.1, 0.15) is 12.1 Å². The largest absolute Gasteiger partial charge is 0.418 e. The molecule has 0 spiro atoms. The van der Waals surface area contributed by atoms with Gasteiger partial charge in [0, 0.05) is 52.4 Å². The molecule has 0 radical (unpaired) electrons. The average molecular weight is 700 g/mol. The van der Waals surface area contributed by atoms with Crippen LogP contribution in [0.1, 0.15) is 25.7 Å². The molecule has 6 saturated heterocycles. The van der Waals surface area contributed by atoms with Gasteiger partial charge in [-0.25, -0.2) is 19.6 Å². The number of amides is 6. The molecule has 6 rings (SSSR count). The fraction of sp³-hybridized carbons (Fsp3) is 0.818. The van der Waals surface area contributed by atoms with E-state index in [0.29, 0.717) is 75.2 Å². The van der Waals surface area contributed by atoms with E-state index in [1.54, 1.807) is 10.0 Å². The average Bonchev–Trinajstić information content (AvgIpc) is 3.36. The Labute approximate surface area is 264 Å². The van der Waals surface area contributed by atoms with Crippen molar-refractivity contribution in [2.45, 2.75) is 49.9 Å². The van der Waals surface area contributed by atoms with Crippen molar-refractivity contribution in [3.8, 4) is 0 Å². The molecule has 4 atom stereocenters. The number of nitrogens with one attached hydrogen (secondary N) is 3. The zero-order valence-corrected chi connectivity index (χ0v) is 26.2. The summed E-state index contributed by atoms with van der Waals surface area (Å²) in [6, 6.07) is -3.84. The number of hydrazine groups is 2. The number of morpholine rings is 1. The second kappa shape index (κ2) is 14.0. The fourth-order valence-electron chi connectivity index (χ4n) is 6.12. The Morgan fingerprint density at radius 3 is 1.54 bits per heavy atom. The first-order valence-corrected chi connectivity index (χ1v) is 17.4. The number of hydroxylamine groups is 4. The van der Waals surface area contributed by atoms with Crippen LogP contribution in [0.5, 0.6) is 0 Å². The van der Waals surface area contributed by atoms with Gasteiger partial charge in [-0.2, -0.15) is 27.0 Å². The van der Waals surface area contributed by atoms with E-state index < -0.39 is 57.0 Å². The standard InChI is InChI=1S/C11H19N5O6S.C11H18N4O7S/c17-10(13-14-5-3-12-4-6-14)9-2-1-8-7-15(9)11(18)16(8)22-23(19,20)21;16-10(12-13-3-5-21-6-4-13)9-2-1-8-7-14(9)11(17)15(8)22-23(18,19)20/h8-9,12H,1-7H2,(H,13,17)(H,19,20,21);8-9H,1-7H2,(H,12,16)(H,18,19,20)/t2*8-,9+/m11/s1.